The van der Waals surface area contributed by atoms with Crippen LogP contribution in [-0.4, -0.2) is 36.0 Å². The molecule has 1 rings (SSSR count). The first kappa shape index (κ1) is 13.7. The molecule has 0 N–H and O–H groups in total. The Morgan fingerprint density at radius 2 is 2.24 bits per heavy atom. The highest BCUT2D eigenvalue weighted by molar-refractivity contribution is 5.68. The largest absolute Gasteiger partial charge is 0.444 e. The lowest BCUT2D eigenvalue weighted by Crippen LogP contribution is -2.39. The van der Waals surface area contributed by atoms with Crippen molar-refractivity contribution in [3.8, 4) is 0 Å². The topological polar surface area (TPSA) is 46.6 Å². The van der Waals surface area contributed by atoms with Gasteiger partial charge in [-0.3, -0.25) is 0 Å². The second kappa shape index (κ2) is 5.84. The first-order valence-electron chi connectivity index (χ1n) is 6.02. The lowest BCUT2D eigenvalue weighted by Gasteiger charge is -2.29. The minimum Gasteiger partial charge on any atom is -0.444 e. The highest BCUT2D eigenvalue weighted by atomic mass is 16.6. The Morgan fingerprint density at radius 1 is 1.53 bits per heavy atom. The number of nitrogens with zero attached hydrogens (tertiary/aromatic N) is 1. The predicted molar refractivity (Wildman–Crippen MR) is 65.8 cm³/mol. The van der Waals surface area contributed by atoms with Gasteiger partial charge < -0.3 is 14.4 Å². The summed E-state index contributed by atoms with van der Waals surface area (Å²) in [5, 5.41) is 0. The summed E-state index contributed by atoms with van der Waals surface area (Å²) < 4.78 is 5.30. The fourth-order valence-electron chi connectivity index (χ4n) is 1.67. The molecule has 0 aromatic carbocycles. The Bertz CT molecular complexity index is 315. The van der Waals surface area contributed by atoms with Crippen LogP contribution in [0.5, 0.6) is 0 Å². The van der Waals surface area contributed by atoms with Crippen molar-refractivity contribution in [2.24, 2.45) is 0 Å². The van der Waals surface area contributed by atoms with Gasteiger partial charge in [-0.25, -0.2) is 4.79 Å². The molecule has 4 nitrogen and oxygen atoms in total. The van der Waals surface area contributed by atoms with E-state index < -0.39 is 5.60 Å². The molecule has 0 saturated carbocycles. The summed E-state index contributed by atoms with van der Waals surface area (Å²) in [6.07, 6.45) is 4.91. The summed E-state index contributed by atoms with van der Waals surface area (Å²) in [5.74, 6) is 0. The number of ether oxygens (including phenoxy) is 1. The van der Waals surface area contributed by atoms with Crippen LogP contribution in [0.2, 0.25) is 0 Å². The fourth-order valence-corrected chi connectivity index (χ4v) is 1.67. The van der Waals surface area contributed by atoms with E-state index >= 15 is 0 Å². The van der Waals surface area contributed by atoms with Gasteiger partial charge >= 0.3 is 6.09 Å². The molecule has 0 spiro atoms. The second-order valence-corrected chi connectivity index (χ2v) is 5.24. The first-order chi connectivity index (χ1) is 7.92. The average molecular weight is 239 g/mol. The van der Waals surface area contributed by atoms with Gasteiger partial charge in [0.05, 0.1) is 0 Å². The smallest absolute Gasteiger partial charge is 0.410 e. The van der Waals surface area contributed by atoms with Crippen LogP contribution in [0.25, 0.3) is 0 Å². The summed E-state index contributed by atoms with van der Waals surface area (Å²) in [4.78, 5) is 23.7. The van der Waals surface area contributed by atoms with Crippen LogP contribution in [-0.2, 0) is 9.53 Å². The van der Waals surface area contributed by atoms with Crippen LogP contribution in [0.15, 0.2) is 11.6 Å². The molecular weight excluding hydrogens is 218 g/mol. The standard InChI is InChI=1S/C13H21NO3/c1-13(2,3)17-12(16)14-8-6-11(7-9-14)5-4-10-15/h6,10H,4-5,7-9H2,1-3H3. The molecule has 17 heavy (non-hydrogen) atoms. The normalized spacial score (nSPS) is 16.4. The van der Waals surface area contributed by atoms with E-state index in [1.54, 1.807) is 4.90 Å². The van der Waals surface area contributed by atoms with E-state index in [-0.39, 0.29) is 6.09 Å². The summed E-state index contributed by atoms with van der Waals surface area (Å²) in [6.45, 7) is 6.85. The van der Waals surface area contributed by atoms with Gasteiger partial charge in [-0.2, -0.15) is 0 Å². The lowest BCUT2D eigenvalue weighted by atomic mass is 10.0. The van der Waals surface area contributed by atoms with Crippen LogP contribution < -0.4 is 0 Å². The van der Waals surface area contributed by atoms with E-state index in [1.807, 2.05) is 26.8 Å². The van der Waals surface area contributed by atoms with Crippen molar-refractivity contribution in [3.05, 3.63) is 11.6 Å². The molecular formula is C13H21NO3. The molecule has 0 atom stereocenters. The van der Waals surface area contributed by atoms with Crippen molar-refractivity contribution in [1.29, 1.82) is 0 Å². The second-order valence-electron chi connectivity index (χ2n) is 5.24. The lowest BCUT2D eigenvalue weighted by molar-refractivity contribution is -0.107. The zero-order valence-electron chi connectivity index (χ0n) is 10.9. The Balaban J connectivity index is 2.43. The Kier molecular flexibility index (Phi) is 4.73. The first-order valence-corrected chi connectivity index (χ1v) is 6.02. The highest BCUT2D eigenvalue weighted by Crippen LogP contribution is 2.17. The SMILES string of the molecule is CC(C)(C)OC(=O)N1CC=C(CCC=O)CC1. The molecule has 1 amide bonds. The average Bonchev–Trinajstić information content (AvgIpc) is 2.24. The van der Waals surface area contributed by atoms with E-state index in [0.717, 1.165) is 19.1 Å². The zero-order chi connectivity index (χ0) is 12.9. The Labute approximate surface area is 103 Å². The van der Waals surface area contributed by atoms with Gasteiger partial charge in [0, 0.05) is 19.5 Å². The number of rotatable bonds is 3. The van der Waals surface area contributed by atoms with Gasteiger partial charge in [0.1, 0.15) is 11.9 Å². The van der Waals surface area contributed by atoms with E-state index in [9.17, 15) is 9.59 Å². The predicted octanol–water partition coefficient (Wildman–Crippen LogP) is 2.53. The van der Waals surface area contributed by atoms with Crippen molar-refractivity contribution >= 4 is 12.4 Å². The van der Waals surface area contributed by atoms with Gasteiger partial charge in [0.15, 0.2) is 0 Å². The van der Waals surface area contributed by atoms with Crippen LogP contribution in [0, 0.1) is 0 Å². The molecule has 96 valence electrons. The Morgan fingerprint density at radius 3 is 2.71 bits per heavy atom. The molecule has 0 aliphatic carbocycles. The van der Waals surface area contributed by atoms with Crippen LogP contribution in [0.4, 0.5) is 4.79 Å². The number of aldehydes is 1. The molecule has 1 heterocycles. The summed E-state index contributed by atoms with van der Waals surface area (Å²) in [6, 6.07) is 0. The summed E-state index contributed by atoms with van der Waals surface area (Å²) in [7, 11) is 0. The van der Waals surface area contributed by atoms with Crippen molar-refractivity contribution in [2.45, 2.75) is 45.6 Å². The van der Waals surface area contributed by atoms with Gasteiger partial charge in [0.25, 0.3) is 0 Å². The third-order valence-electron chi connectivity index (χ3n) is 2.54. The maximum Gasteiger partial charge on any atom is 0.410 e. The van der Waals surface area contributed by atoms with Crippen molar-refractivity contribution in [1.82, 2.24) is 4.90 Å². The summed E-state index contributed by atoms with van der Waals surface area (Å²) in [5.41, 5.74) is 0.815. The fraction of sp³-hybridized carbons (Fsp3) is 0.692. The number of amides is 1. The molecule has 0 bridgehead atoms. The van der Waals surface area contributed by atoms with Crippen molar-refractivity contribution < 1.29 is 14.3 Å². The third kappa shape index (κ3) is 5.02. The van der Waals surface area contributed by atoms with Crippen LogP contribution in [0.3, 0.4) is 0 Å². The van der Waals surface area contributed by atoms with Crippen LogP contribution >= 0.6 is 0 Å². The quantitative estimate of drug-likeness (QED) is 0.561. The molecule has 0 radical (unpaired) electrons. The molecule has 0 aromatic rings. The number of hydrogen-bond acceptors (Lipinski definition) is 3. The van der Waals surface area contributed by atoms with Gasteiger partial charge in [-0.15, -0.1) is 0 Å². The molecule has 1 aliphatic rings. The molecule has 0 unspecified atom stereocenters. The van der Waals surface area contributed by atoms with Crippen molar-refractivity contribution in [2.75, 3.05) is 13.1 Å². The van der Waals surface area contributed by atoms with E-state index in [2.05, 4.69) is 0 Å². The Hall–Kier alpha value is -1.32. The molecule has 1 aliphatic heterocycles. The molecule has 0 fully saturated rings. The van der Waals surface area contributed by atoms with Crippen molar-refractivity contribution in [3.63, 3.8) is 0 Å². The molecule has 4 heteroatoms. The van der Waals surface area contributed by atoms with Gasteiger partial charge in [0.2, 0.25) is 0 Å². The molecule has 0 aromatic heterocycles. The number of carbonyl (C=O) groups excluding carboxylic acids is 2. The van der Waals surface area contributed by atoms with Gasteiger partial charge in [-0.05, 0) is 33.6 Å². The van der Waals surface area contributed by atoms with E-state index in [1.165, 1.54) is 5.57 Å². The summed E-state index contributed by atoms with van der Waals surface area (Å²) >= 11 is 0. The van der Waals surface area contributed by atoms with Gasteiger partial charge in [-0.1, -0.05) is 11.6 Å². The maximum atomic E-state index is 11.8. The van der Waals surface area contributed by atoms with E-state index in [0.29, 0.717) is 19.5 Å². The highest BCUT2D eigenvalue weighted by Gasteiger charge is 2.23. The minimum absolute atomic E-state index is 0.261. The molecule has 0 saturated heterocycles. The van der Waals surface area contributed by atoms with Crippen LogP contribution in [0.1, 0.15) is 40.0 Å². The number of carbonyl (C=O) groups is 2. The van der Waals surface area contributed by atoms with E-state index in [4.69, 9.17) is 4.74 Å². The monoisotopic (exact) mass is 239 g/mol. The third-order valence-corrected chi connectivity index (χ3v) is 2.54. The maximum absolute atomic E-state index is 11.8. The number of hydrogen-bond donors (Lipinski definition) is 0. The minimum atomic E-state index is -0.446. The zero-order valence-corrected chi connectivity index (χ0v) is 10.9.